The van der Waals surface area contributed by atoms with Crippen molar-refractivity contribution in [2.75, 3.05) is 24.7 Å². The SMILES string of the molecule is CCCN(c1cc([N+](=O)[O-])cc(C(=O)O)c1C)C1CCOCC1. The van der Waals surface area contributed by atoms with Crippen LogP contribution in [0.5, 0.6) is 0 Å². The number of anilines is 1. The van der Waals surface area contributed by atoms with Gasteiger partial charge in [0.05, 0.1) is 10.5 Å². The van der Waals surface area contributed by atoms with Gasteiger partial charge in [-0.05, 0) is 31.7 Å². The van der Waals surface area contributed by atoms with Crippen LogP contribution in [0.25, 0.3) is 0 Å². The molecule has 0 spiro atoms. The third kappa shape index (κ3) is 3.79. The van der Waals surface area contributed by atoms with Gasteiger partial charge in [0.2, 0.25) is 0 Å². The first kappa shape index (κ1) is 17.2. The number of nitrogens with zero attached hydrogens (tertiary/aromatic N) is 2. The van der Waals surface area contributed by atoms with Gasteiger partial charge in [-0.2, -0.15) is 0 Å². The van der Waals surface area contributed by atoms with E-state index in [1.54, 1.807) is 6.92 Å². The van der Waals surface area contributed by atoms with Gasteiger partial charge in [-0.15, -0.1) is 0 Å². The molecule has 7 nitrogen and oxygen atoms in total. The first-order valence-electron chi connectivity index (χ1n) is 7.82. The number of benzene rings is 1. The Morgan fingerprint density at radius 1 is 1.43 bits per heavy atom. The van der Waals surface area contributed by atoms with Gasteiger partial charge in [-0.3, -0.25) is 10.1 Å². The summed E-state index contributed by atoms with van der Waals surface area (Å²) in [6.45, 7) is 5.79. The third-order valence-corrected chi connectivity index (χ3v) is 4.21. The first-order valence-corrected chi connectivity index (χ1v) is 7.82. The van der Waals surface area contributed by atoms with E-state index in [1.807, 2.05) is 6.92 Å². The molecule has 1 fully saturated rings. The van der Waals surface area contributed by atoms with Gasteiger partial charge in [0.25, 0.3) is 5.69 Å². The maximum Gasteiger partial charge on any atom is 0.336 e. The number of rotatable bonds is 6. The highest BCUT2D eigenvalue weighted by molar-refractivity contribution is 5.92. The lowest BCUT2D eigenvalue weighted by atomic mass is 10.0. The van der Waals surface area contributed by atoms with E-state index >= 15 is 0 Å². The molecule has 1 aromatic carbocycles. The summed E-state index contributed by atoms with van der Waals surface area (Å²) in [6, 6.07) is 2.84. The summed E-state index contributed by atoms with van der Waals surface area (Å²) in [4.78, 5) is 24.2. The molecular formula is C16H22N2O5. The number of hydrogen-bond donors (Lipinski definition) is 1. The van der Waals surface area contributed by atoms with Crippen molar-refractivity contribution in [1.82, 2.24) is 0 Å². The molecule has 0 atom stereocenters. The van der Waals surface area contributed by atoms with Crippen molar-refractivity contribution in [2.45, 2.75) is 39.2 Å². The number of nitro benzene ring substituents is 1. The lowest BCUT2D eigenvalue weighted by Gasteiger charge is -2.37. The number of carbonyl (C=O) groups is 1. The number of carboxylic acids is 1. The van der Waals surface area contributed by atoms with Gasteiger partial charge in [0, 0.05) is 43.6 Å². The molecule has 0 bridgehead atoms. The second kappa shape index (κ2) is 7.41. The molecule has 1 saturated heterocycles. The molecule has 0 aliphatic carbocycles. The summed E-state index contributed by atoms with van der Waals surface area (Å²) in [6.07, 6.45) is 2.55. The van der Waals surface area contributed by atoms with Crippen molar-refractivity contribution in [2.24, 2.45) is 0 Å². The fourth-order valence-corrected chi connectivity index (χ4v) is 3.05. The van der Waals surface area contributed by atoms with Crippen LogP contribution >= 0.6 is 0 Å². The van der Waals surface area contributed by atoms with E-state index in [-0.39, 0.29) is 17.3 Å². The molecule has 0 saturated carbocycles. The molecule has 0 amide bonds. The Hall–Kier alpha value is -2.15. The molecule has 1 aliphatic rings. The third-order valence-electron chi connectivity index (χ3n) is 4.21. The van der Waals surface area contributed by atoms with E-state index in [9.17, 15) is 20.0 Å². The molecular weight excluding hydrogens is 300 g/mol. The number of ether oxygens (including phenoxy) is 1. The monoisotopic (exact) mass is 322 g/mol. The maximum absolute atomic E-state index is 11.4. The predicted octanol–water partition coefficient (Wildman–Crippen LogP) is 3.00. The Morgan fingerprint density at radius 3 is 2.61 bits per heavy atom. The summed E-state index contributed by atoms with van der Waals surface area (Å²) in [5.41, 5.74) is 1.02. The zero-order chi connectivity index (χ0) is 17.0. The van der Waals surface area contributed by atoms with Crippen LogP contribution in [0.2, 0.25) is 0 Å². The Balaban J connectivity index is 2.51. The number of nitro groups is 1. The average Bonchev–Trinajstić information content (AvgIpc) is 2.53. The highest BCUT2D eigenvalue weighted by Gasteiger charge is 2.26. The Labute approximate surface area is 135 Å². The van der Waals surface area contributed by atoms with Gasteiger partial charge in [-0.1, -0.05) is 6.92 Å². The van der Waals surface area contributed by atoms with Crippen LogP contribution in [-0.4, -0.2) is 41.8 Å². The van der Waals surface area contributed by atoms with Crippen molar-refractivity contribution in [3.8, 4) is 0 Å². The fourth-order valence-electron chi connectivity index (χ4n) is 3.05. The molecule has 23 heavy (non-hydrogen) atoms. The Morgan fingerprint density at radius 2 is 2.09 bits per heavy atom. The van der Waals surface area contributed by atoms with Gasteiger partial charge >= 0.3 is 5.97 Å². The van der Waals surface area contributed by atoms with Crippen LogP contribution in [0, 0.1) is 17.0 Å². The number of non-ortho nitro benzene ring substituents is 1. The standard InChI is InChI=1S/C16H22N2O5/c1-3-6-17(12-4-7-23-8-5-12)15-10-13(18(21)22)9-14(11(15)2)16(19)20/h9-10,12H,3-8H2,1-2H3,(H,19,20). The predicted molar refractivity (Wildman–Crippen MR) is 86.3 cm³/mol. The Kier molecular flexibility index (Phi) is 5.54. The lowest BCUT2D eigenvalue weighted by Crippen LogP contribution is -2.40. The van der Waals surface area contributed by atoms with E-state index < -0.39 is 10.9 Å². The van der Waals surface area contributed by atoms with E-state index in [1.165, 1.54) is 6.07 Å². The fraction of sp³-hybridized carbons (Fsp3) is 0.562. The molecule has 126 valence electrons. The Bertz CT molecular complexity index is 596. The van der Waals surface area contributed by atoms with Crippen molar-refractivity contribution in [3.05, 3.63) is 33.4 Å². The highest BCUT2D eigenvalue weighted by atomic mass is 16.6. The number of carboxylic acid groups (broad SMARTS) is 1. The quantitative estimate of drug-likeness (QED) is 0.639. The average molecular weight is 322 g/mol. The maximum atomic E-state index is 11.4. The minimum atomic E-state index is -1.14. The van der Waals surface area contributed by atoms with E-state index in [0.29, 0.717) is 24.5 Å². The highest BCUT2D eigenvalue weighted by Crippen LogP contribution is 2.32. The molecule has 2 rings (SSSR count). The normalized spacial score (nSPS) is 15.4. The summed E-state index contributed by atoms with van der Waals surface area (Å²) in [7, 11) is 0. The summed E-state index contributed by atoms with van der Waals surface area (Å²) < 4.78 is 5.39. The van der Waals surface area contributed by atoms with Crippen LogP contribution in [-0.2, 0) is 4.74 Å². The number of hydrogen-bond acceptors (Lipinski definition) is 5. The molecule has 1 N–H and O–H groups in total. The van der Waals surface area contributed by atoms with E-state index in [4.69, 9.17) is 4.74 Å². The minimum Gasteiger partial charge on any atom is -0.478 e. The minimum absolute atomic E-state index is 0.0117. The lowest BCUT2D eigenvalue weighted by molar-refractivity contribution is -0.384. The van der Waals surface area contributed by atoms with Crippen molar-refractivity contribution < 1.29 is 19.6 Å². The van der Waals surface area contributed by atoms with Gasteiger partial charge < -0.3 is 14.7 Å². The zero-order valence-electron chi connectivity index (χ0n) is 13.4. The molecule has 1 aromatic rings. The molecule has 0 radical (unpaired) electrons. The molecule has 0 unspecified atom stereocenters. The van der Waals surface area contributed by atoms with Crippen molar-refractivity contribution >= 4 is 17.3 Å². The molecule has 1 aliphatic heterocycles. The number of aromatic carboxylic acids is 1. The summed E-state index contributed by atoms with van der Waals surface area (Å²) >= 11 is 0. The van der Waals surface area contributed by atoms with E-state index in [0.717, 1.165) is 31.9 Å². The molecule has 1 heterocycles. The van der Waals surface area contributed by atoms with Crippen molar-refractivity contribution in [1.29, 1.82) is 0 Å². The second-order valence-corrected chi connectivity index (χ2v) is 5.74. The van der Waals surface area contributed by atoms with Crippen molar-refractivity contribution in [3.63, 3.8) is 0 Å². The van der Waals surface area contributed by atoms with Crippen LogP contribution in [0.1, 0.15) is 42.1 Å². The van der Waals surface area contributed by atoms with Crippen LogP contribution in [0.3, 0.4) is 0 Å². The topological polar surface area (TPSA) is 92.9 Å². The summed E-state index contributed by atoms with van der Waals surface area (Å²) in [5.74, 6) is -1.14. The largest absolute Gasteiger partial charge is 0.478 e. The molecule has 7 heteroatoms. The smallest absolute Gasteiger partial charge is 0.336 e. The molecule has 0 aromatic heterocycles. The first-order chi connectivity index (χ1) is 11.0. The summed E-state index contributed by atoms with van der Waals surface area (Å²) in [5, 5.41) is 20.5. The van der Waals surface area contributed by atoms with Gasteiger partial charge in [0.1, 0.15) is 0 Å². The van der Waals surface area contributed by atoms with Crippen LogP contribution in [0.4, 0.5) is 11.4 Å². The zero-order valence-corrected chi connectivity index (χ0v) is 13.4. The second-order valence-electron chi connectivity index (χ2n) is 5.74. The van der Waals surface area contributed by atoms with Crippen LogP contribution < -0.4 is 4.90 Å². The van der Waals surface area contributed by atoms with Gasteiger partial charge in [-0.25, -0.2) is 4.79 Å². The van der Waals surface area contributed by atoms with E-state index in [2.05, 4.69) is 4.90 Å². The van der Waals surface area contributed by atoms with Gasteiger partial charge in [0.15, 0.2) is 0 Å². The van der Waals surface area contributed by atoms with Crippen LogP contribution in [0.15, 0.2) is 12.1 Å².